The van der Waals surface area contributed by atoms with E-state index in [1.807, 2.05) is 24.3 Å². The van der Waals surface area contributed by atoms with Crippen LogP contribution in [0.25, 0.3) is 22.6 Å². The smallest absolute Gasteiger partial charge is 0.255 e. The van der Waals surface area contributed by atoms with Crippen LogP contribution in [0.15, 0.2) is 76.0 Å². The molecule has 0 bridgehead atoms. The number of sulfonamides is 1. The summed E-state index contributed by atoms with van der Waals surface area (Å²) in [4.78, 5) is 17.3. The molecule has 1 amide bonds. The van der Waals surface area contributed by atoms with Crippen molar-refractivity contribution < 1.29 is 27.1 Å². The predicted molar refractivity (Wildman–Crippen MR) is 130 cm³/mol. The summed E-state index contributed by atoms with van der Waals surface area (Å²) >= 11 is 0. The van der Waals surface area contributed by atoms with Crippen molar-refractivity contribution in [3.63, 3.8) is 0 Å². The zero-order valence-corrected chi connectivity index (χ0v) is 19.7. The maximum atomic E-state index is 13.2. The van der Waals surface area contributed by atoms with Gasteiger partial charge in [-0.05, 0) is 54.6 Å². The van der Waals surface area contributed by atoms with Gasteiger partial charge in [-0.15, -0.1) is 0 Å². The van der Waals surface area contributed by atoms with Crippen LogP contribution >= 0.6 is 0 Å². The summed E-state index contributed by atoms with van der Waals surface area (Å²) in [5, 5.41) is 2.80. The lowest BCUT2D eigenvalue weighted by Crippen LogP contribution is -2.40. The first kappa shape index (κ1) is 23.0. The number of hydrogen-bond acceptors (Lipinski definition) is 7. The van der Waals surface area contributed by atoms with Crippen molar-refractivity contribution in [2.45, 2.75) is 4.90 Å². The van der Waals surface area contributed by atoms with Crippen molar-refractivity contribution in [2.75, 3.05) is 38.7 Å². The monoisotopic (exact) mass is 493 g/mol. The van der Waals surface area contributed by atoms with Gasteiger partial charge in [0.2, 0.25) is 15.9 Å². The third-order valence-corrected chi connectivity index (χ3v) is 7.62. The van der Waals surface area contributed by atoms with Gasteiger partial charge in [0.05, 0.1) is 20.3 Å². The van der Waals surface area contributed by atoms with Crippen molar-refractivity contribution >= 4 is 32.7 Å². The molecule has 1 aromatic heterocycles. The van der Waals surface area contributed by atoms with Crippen LogP contribution in [0.1, 0.15) is 10.4 Å². The van der Waals surface area contributed by atoms with E-state index in [-0.39, 0.29) is 29.3 Å². The summed E-state index contributed by atoms with van der Waals surface area (Å²) < 4.78 is 44.0. The molecule has 0 aliphatic carbocycles. The van der Waals surface area contributed by atoms with E-state index in [0.29, 0.717) is 30.4 Å². The number of fused-ring (bicyclic) bond motifs is 1. The number of carbonyl (C=O) groups is 1. The summed E-state index contributed by atoms with van der Waals surface area (Å²) in [6, 6.07) is 18.9. The molecule has 35 heavy (non-hydrogen) atoms. The number of carbonyl (C=O) groups excluding carboxylic acids is 1. The highest BCUT2D eigenvalue weighted by Crippen LogP contribution is 2.29. The molecule has 1 aliphatic heterocycles. The summed E-state index contributed by atoms with van der Waals surface area (Å²) in [7, 11) is -2.46. The minimum absolute atomic E-state index is 0.0548. The van der Waals surface area contributed by atoms with Crippen LogP contribution in [-0.2, 0) is 14.8 Å². The highest BCUT2D eigenvalue weighted by Gasteiger charge is 2.30. The van der Waals surface area contributed by atoms with Gasteiger partial charge in [0.25, 0.3) is 5.91 Å². The maximum absolute atomic E-state index is 13.2. The highest BCUT2D eigenvalue weighted by atomic mass is 32.2. The van der Waals surface area contributed by atoms with Gasteiger partial charge in [0.1, 0.15) is 16.2 Å². The minimum Gasteiger partial charge on any atom is -0.495 e. The Labute approximate surface area is 202 Å². The second-order valence-corrected chi connectivity index (χ2v) is 9.81. The van der Waals surface area contributed by atoms with E-state index >= 15 is 0 Å². The SMILES string of the molecule is COc1ccc(C(=O)Nc2ccc(-c3nc4ccccc4o3)cc2)cc1S(=O)(=O)N1CCOCC1. The van der Waals surface area contributed by atoms with E-state index in [1.54, 1.807) is 24.3 Å². The molecule has 2 heterocycles. The van der Waals surface area contributed by atoms with Crippen LogP contribution < -0.4 is 10.1 Å². The van der Waals surface area contributed by atoms with Crippen LogP contribution in [0, 0.1) is 0 Å². The predicted octanol–water partition coefficient (Wildman–Crippen LogP) is 3.78. The number of aromatic nitrogens is 1. The molecule has 1 aliphatic rings. The number of ether oxygens (including phenoxy) is 2. The first-order valence-corrected chi connectivity index (χ1v) is 12.4. The number of benzene rings is 3. The third-order valence-electron chi connectivity index (χ3n) is 5.70. The van der Waals surface area contributed by atoms with E-state index in [1.165, 1.54) is 29.6 Å². The van der Waals surface area contributed by atoms with Crippen molar-refractivity contribution in [2.24, 2.45) is 0 Å². The molecule has 9 nitrogen and oxygen atoms in total. The summed E-state index contributed by atoms with van der Waals surface area (Å²) in [6.45, 7) is 1.13. The molecule has 0 radical (unpaired) electrons. The van der Waals surface area contributed by atoms with Crippen molar-refractivity contribution in [1.29, 1.82) is 0 Å². The summed E-state index contributed by atoms with van der Waals surface area (Å²) in [5.74, 6) is 0.216. The van der Waals surface area contributed by atoms with Crippen LogP contribution in [0.3, 0.4) is 0 Å². The van der Waals surface area contributed by atoms with E-state index < -0.39 is 15.9 Å². The third kappa shape index (κ3) is 4.63. The molecule has 5 rings (SSSR count). The minimum atomic E-state index is -3.85. The van der Waals surface area contributed by atoms with Gasteiger partial charge in [-0.25, -0.2) is 13.4 Å². The van der Waals surface area contributed by atoms with Gasteiger partial charge < -0.3 is 19.2 Å². The fraction of sp³-hybridized carbons (Fsp3) is 0.200. The molecule has 10 heteroatoms. The first-order valence-electron chi connectivity index (χ1n) is 11.0. The lowest BCUT2D eigenvalue weighted by molar-refractivity contribution is 0.0729. The lowest BCUT2D eigenvalue weighted by atomic mass is 10.1. The Kier molecular flexibility index (Phi) is 6.25. The lowest BCUT2D eigenvalue weighted by Gasteiger charge is -2.26. The highest BCUT2D eigenvalue weighted by molar-refractivity contribution is 7.89. The molecule has 0 atom stereocenters. The normalized spacial score (nSPS) is 14.7. The van der Waals surface area contributed by atoms with E-state index in [4.69, 9.17) is 13.9 Å². The number of methoxy groups -OCH3 is 1. The Morgan fingerprint density at radius 3 is 2.49 bits per heavy atom. The number of nitrogens with one attached hydrogen (secondary N) is 1. The van der Waals surface area contributed by atoms with Gasteiger partial charge >= 0.3 is 0 Å². The number of anilines is 1. The average molecular weight is 494 g/mol. The number of rotatable bonds is 6. The molecule has 0 saturated carbocycles. The maximum Gasteiger partial charge on any atom is 0.255 e. The Hall–Kier alpha value is -3.73. The molecule has 0 unspecified atom stereocenters. The molecular weight excluding hydrogens is 470 g/mol. The van der Waals surface area contributed by atoms with Gasteiger partial charge in [-0.2, -0.15) is 4.31 Å². The number of oxazole rings is 1. The number of para-hydroxylation sites is 2. The topological polar surface area (TPSA) is 111 Å². The average Bonchev–Trinajstić information content (AvgIpc) is 3.33. The van der Waals surface area contributed by atoms with E-state index in [0.717, 1.165) is 11.1 Å². The first-order chi connectivity index (χ1) is 17.0. The molecule has 1 saturated heterocycles. The molecule has 1 N–H and O–H groups in total. The number of morpholine rings is 1. The standard InChI is InChI=1S/C25H23N3O6S/c1-32-22-11-8-18(16-23(22)35(30,31)28-12-14-33-15-13-28)24(29)26-19-9-6-17(7-10-19)25-27-20-4-2-3-5-21(20)34-25/h2-11,16H,12-15H2,1H3,(H,26,29). The Balaban J connectivity index is 1.36. The Morgan fingerprint density at radius 1 is 1.03 bits per heavy atom. The van der Waals surface area contributed by atoms with Crippen LogP contribution in [0.2, 0.25) is 0 Å². The summed E-state index contributed by atoms with van der Waals surface area (Å²) in [6.07, 6.45) is 0. The van der Waals surface area contributed by atoms with Crippen molar-refractivity contribution in [1.82, 2.24) is 9.29 Å². The fourth-order valence-corrected chi connectivity index (χ4v) is 5.43. The zero-order valence-electron chi connectivity index (χ0n) is 18.9. The van der Waals surface area contributed by atoms with Crippen LogP contribution in [0.5, 0.6) is 5.75 Å². The Bertz CT molecular complexity index is 1440. The quantitative estimate of drug-likeness (QED) is 0.435. The van der Waals surface area contributed by atoms with Gasteiger partial charge in [0, 0.05) is 29.9 Å². The molecule has 180 valence electrons. The van der Waals surface area contributed by atoms with Crippen molar-refractivity contribution in [3.05, 3.63) is 72.3 Å². The molecular formula is C25H23N3O6S. The summed E-state index contributed by atoms with van der Waals surface area (Å²) in [5.41, 5.74) is 2.97. The molecule has 3 aromatic carbocycles. The van der Waals surface area contributed by atoms with E-state index in [2.05, 4.69) is 10.3 Å². The Morgan fingerprint density at radius 2 is 1.77 bits per heavy atom. The second-order valence-electron chi connectivity index (χ2n) is 7.90. The fourth-order valence-electron chi connectivity index (χ4n) is 3.84. The number of hydrogen-bond donors (Lipinski definition) is 1. The van der Waals surface area contributed by atoms with Gasteiger partial charge in [-0.1, -0.05) is 12.1 Å². The van der Waals surface area contributed by atoms with E-state index in [9.17, 15) is 13.2 Å². The molecule has 0 spiro atoms. The molecule has 4 aromatic rings. The number of nitrogens with zero attached hydrogens (tertiary/aromatic N) is 2. The molecule has 1 fully saturated rings. The second kappa shape index (κ2) is 9.49. The number of amides is 1. The van der Waals surface area contributed by atoms with Crippen LogP contribution in [0.4, 0.5) is 5.69 Å². The zero-order chi connectivity index (χ0) is 24.4. The van der Waals surface area contributed by atoms with Crippen molar-refractivity contribution in [3.8, 4) is 17.2 Å². The van der Waals surface area contributed by atoms with Gasteiger partial charge in [0.15, 0.2) is 5.58 Å². The van der Waals surface area contributed by atoms with Gasteiger partial charge in [-0.3, -0.25) is 4.79 Å². The largest absolute Gasteiger partial charge is 0.495 e. The van der Waals surface area contributed by atoms with Crippen LogP contribution in [-0.4, -0.2) is 57.0 Å².